The van der Waals surface area contributed by atoms with Gasteiger partial charge in [0.15, 0.2) is 0 Å². The molecule has 0 aliphatic carbocycles. The minimum Gasteiger partial charge on any atom is -0.386 e. The molecule has 3 rings (SSSR count). The Morgan fingerprint density at radius 2 is 2.05 bits per heavy atom. The first-order chi connectivity index (χ1) is 9.65. The molecule has 2 aromatic rings. The second-order valence-electron chi connectivity index (χ2n) is 5.07. The number of fused-ring (bicyclic) bond motifs is 1. The summed E-state index contributed by atoms with van der Waals surface area (Å²) >= 11 is 3.12. The van der Waals surface area contributed by atoms with Crippen molar-refractivity contribution in [3.8, 4) is 0 Å². The number of rotatable bonds is 2. The van der Waals surface area contributed by atoms with Gasteiger partial charge in [-0.1, -0.05) is 24.3 Å². The Kier molecular flexibility index (Phi) is 3.76. The minimum atomic E-state index is -0.717. The average molecular weight is 336 g/mol. The molecule has 0 saturated carbocycles. The fourth-order valence-corrected chi connectivity index (χ4v) is 2.87. The van der Waals surface area contributed by atoms with Crippen LogP contribution in [0.25, 0.3) is 0 Å². The van der Waals surface area contributed by atoms with E-state index >= 15 is 0 Å². The summed E-state index contributed by atoms with van der Waals surface area (Å²) in [5, 5.41) is 13.8. The maximum atomic E-state index is 13.6. The minimum absolute atomic E-state index is 0.0922. The Morgan fingerprint density at radius 3 is 2.85 bits per heavy atom. The van der Waals surface area contributed by atoms with E-state index in [9.17, 15) is 9.50 Å². The lowest BCUT2D eigenvalue weighted by Crippen LogP contribution is -2.31. The Bertz CT molecular complexity index is 632. The van der Waals surface area contributed by atoms with E-state index in [1.807, 2.05) is 18.2 Å². The van der Waals surface area contributed by atoms with E-state index in [0.29, 0.717) is 10.0 Å². The zero-order valence-corrected chi connectivity index (χ0v) is 12.4. The molecule has 0 aromatic heterocycles. The predicted molar refractivity (Wildman–Crippen MR) is 81.2 cm³/mol. The normalized spacial score (nSPS) is 19.1. The summed E-state index contributed by atoms with van der Waals surface area (Å²) in [6.45, 7) is 0. The van der Waals surface area contributed by atoms with Crippen LogP contribution in [0.2, 0.25) is 0 Å². The third kappa shape index (κ3) is 2.58. The number of benzene rings is 2. The molecule has 20 heavy (non-hydrogen) atoms. The molecule has 2 aromatic carbocycles. The number of aliphatic hydroxyl groups excluding tert-OH is 1. The molecule has 0 radical (unpaired) electrons. The van der Waals surface area contributed by atoms with Gasteiger partial charge in [0.05, 0.1) is 16.6 Å². The third-order valence-corrected chi connectivity index (χ3v) is 4.39. The summed E-state index contributed by atoms with van der Waals surface area (Å²) in [6.07, 6.45) is 1.03. The first kappa shape index (κ1) is 13.6. The standard InChI is InChI=1S/C16H15BrFNO/c17-12-7-5-11(9-13(12)18)16(20)15-8-6-10-3-1-2-4-14(10)19-15/h1-5,7,9,15-16,19-20H,6,8H2. The molecule has 1 aliphatic heterocycles. The molecular weight excluding hydrogens is 321 g/mol. The molecule has 104 valence electrons. The van der Waals surface area contributed by atoms with Crippen molar-refractivity contribution in [2.45, 2.75) is 25.0 Å². The summed E-state index contributed by atoms with van der Waals surface area (Å²) < 4.78 is 14.0. The van der Waals surface area contributed by atoms with Crippen LogP contribution in [0, 0.1) is 5.82 Å². The Hall–Kier alpha value is -1.39. The third-order valence-electron chi connectivity index (χ3n) is 3.75. The Morgan fingerprint density at radius 1 is 1.25 bits per heavy atom. The smallest absolute Gasteiger partial charge is 0.137 e. The van der Waals surface area contributed by atoms with Gasteiger partial charge in [-0.3, -0.25) is 0 Å². The van der Waals surface area contributed by atoms with Gasteiger partial charge in [0.2, 0.25) is 0 Å². The van der Waals surface area contributed by atoms with Crippen LogP contribution < -0.4 is 5.32 Å². The van der Waals surface area contributed by atoms with Crippen LogP contribution in [0.5, 0.6) is 0 Å². The lowest BCUT2D eigenvalue weighted by Gasteiger charge is -2.30. The highest BCUT2D eigenvalue weighted by molar-refractivity contribution is 9.10. The molecule has 4 heteroatoms. The predicted octanol–water partition coefficient (Wildman–Crippen LogP) is 4.05. The zero-order valence-electron chi connectivity index (χ0n) is 10.8. The van der Waals surface area contributed by atoms with Gasteiger partial charge in [0, 0.05) is 5.69 Å². The van der Waals surface area contributed by atoms with Crippen molar-refractivity contribution < 1.29 is 9.50 Å². The van der Waals surface area contributed by atoms with Crippen molar-refractivity contribution in [3.63, 3.8) is 0 Å². The van der Waals surface area contributed by atoms with Crippen molar-refractivity contribution in [1.29, 1.82) is 0 Å². The maximum Gasteiger partial charge on any atom is 0.137 e. The quantitative estimate of drug-likeness (QED) is 0.867. The van der Waals surface area contributed by atoms with E-state index in [1.54, 1.807) is 12.1 Å². The van der Waals surface area contributed by atoms with E-state index in [-0.39, 0.29) is 11.9 Å². The number of nitrogens with one attached hydrogen (secondary N) is 1. The highest BCUT2D eigenvalue weighted by atomic mass is 79.9. The number of hydrogen-bond donors (Lipinski definition) is 2. The largest absolute Gasteiger partial charge is 0.386 e. The number of halogens is 2. The van der Waals surface area contributed by atoms with Crippen LogP contribution in [0.4, 0.5) is 10.1 Å². The first-order valence-corrected chi connectivity index (χ1v) is 7.42. The fraction of sp³-hybridized carbons (Fsp3) is 0.250. The molecule has 0 bridgehead atoms. The second-order valence-corrected chi connectivity index (χ2v) is 5.92. The molecule has 2 atom stereocenters. The van der Waals surface area contributed by atoms with Crippen molar-refractivity contribution in [2.24, 2.45) is 0 Å². The highest BCUT2D eigenvalue weighted by Gasteiger charge is 2.25. The van der Waals surface area contributed by atoms with Crippen molar-refractivity contribution in [3.05, 3.63) is 63.9 Å². The van der Waals surface area contributed by atoms with Crippen LogP contribution in [-0.4, -0.2) is 11.1 Å². The molecule has 2 nitrogen and oxygen atoms in total. The van der Waals surface area contributed by atoms with Gasteiger partial charge in [-0.05, 0) is 58.1 Å². The lowest BCUT2D eigenvalue weighted by molar-refractivity contribution is 0.148. The van der Waals surface area contributed by atoms with E-state index in [1.165, 1.54) is 11.6 Å². The highest BCUT2D eigenvalue weighted by Crippen LogP contribution is 2.31. The van der Waals surface area contributed by atoms with Crippen LogP contribution in [0.15, 0.2) is 46.9 Å². The van der Waals surface area contributed by atoms with Gasteiger partial charge in [-0.25, -0.2) is 4.39 Å². The molecule has 1 heterocycles. The molecule has 2 N–H and O–H groups in total. The maximum absolute atomic E-state index is 13.6. The topological polar surface area (TPSA) is 32.3 Å². The van der Waals surface area contributed by atoms with Crippen molar-refractivity contribution in [1.82, 2.24) is 0 Å². The van der Waals surface area contributed by atoms with Gasteiger partial charge in [0.25, 0.3) is 0 Å². The van der Waals surface area contributed by atoms with Crippen LogP contribution >= 0.6 is 15.9 Å². The molecule has 0 saturated heterocycles. The second kappa shape index (κ2) is 5.54. The number of hydrogen-bond acceptors (Lipinski definition) is 2. The van der Waals surface area contributed by atoms with Gasteiger partial charge < -0.3 is 10.4 Å². The monoisotopic (exact) mass is 335 g/mol. The summed E-state index contributed by atoms with van der Waals surface area (Å²) in [5.41, 5.74) is 2.92. The Labute approximate surface area is 125 Å². The van der Waals surface area contributed by atoms with E-state index < -0.39 is 6.10 Å². The average Bonchev–Trinajstić information content (AvgIpc) is 2.49. The van der Waals surface area contributed by atoms with Crippen molar-refractivity contribution >= 4 is 21.6 Å². The van der Waals surface area contributed by atoms with Crippen LogP contribution in [-0.2, 0) is 6.42 Å². The summed E-state index contributed by atoms with van der Waals surface area (Å²) in [5.74, 6) is -0.349. The van der Waals surface area contributed by atoms with Gasteiger partial charge in [0.1, 0.15) is 5.82 Å². The molecule has 0 spiro atoms. The molecule has 0 fully saturated rings. The molecule has 0 amide bonds. The number of anilines is 1. The van der Waals surface area contributed by atoms with Gasteiger partial charge in [-0.2, -0.15) is 0 Å². The number of aryl methyl sites for hydroxylation is 1. The lowest BCUT2D eigenvalue weighted by atomic mass is 9.92. The number of para-hydroxylation sites is 1. The first-order valence-electron chi connectivity index (χ1n) is 6.62. The zero-order chi connectivity index (χ0) is 14.1. The molecule has 1 aliphatic rings. The van der Waals surface area contributed by atoms with Gasteiger partial charge in [-0.15, -0.1) is 0 Å². The van der Waals surface area contributed by atoms with E-state index in [2.05, 4.69) is 27.3 Å². The SMILES string of the molecule is OC(c1ccc(Br)c(F)c1)C1CCc2ccccc2N1. The van der Waals surface area contributed by atoms with Crippen LogP contribution in [0.1, 0.15) is 23.7 Å². The van der Waals surface area contributed by atoms with Gasteiger partial charge >= 0.3 is 0 Å². The van der Waals surface area contributed by atoms with Crippen LogP contribution in [0.3, 0.4) is 0 Å². The van der Waals surface area contributed by atoms with E-state index in [4.69, 9.17) is 0 Å². The fourth-order valence-electron chi connectivity index (χ4n) is 2.63. The summed E-state index contributed by atoms with van der Waals surface area (Å²) in [7, 11) is 0. The van der Waals surface area contributed by atoms with Crippen molar-refractivity contribution in [2.75, 3.05) is 5.32 Å². The molecule has 2 unspecified atom stereocenters. The Balaban J connectivity index is 1.82. The van der Waals surface area contributed by atoms with E-state index in [0.717, 1.165) is 18.5 Å². The summed E-state index contributed by atoms with van der Waals surface area (Å²) in [6, 6.07) is 12.8. The number of aliphatic hydroxyl groups is 1. The summed E-state index contributed by atoms with van der Waals surface area (Å²) in [4.78, 5) is 0. The molecular formula is C16H15BrFNO.